The zero-order valence-electron chi connectivity index (χ0n) is 11.8. The molecule has 1 aromatic rings. The minimum atomic E-state index is -2.83. The van der Waals surface area contributed by atoms with Gasteiger partial charge in [-0.3, -0.25) is 0 Å². The number of sulfone groups is 1. The average molecular weight is 293 g/mol. The van der Waals surface area contributed by atoms with E-state index in [0.717, 1.165) is 25.7 Å². The summed E-state index contributed by atoms with van der Waals surface area (Å²) in [6.07, 6.45) is 6.50. The Labute approximate surface area is 121 Å². The summed E-state index contributed by atoms with van der Waals surface area (Å²) in [6.45, 7) is 0. The Morgan fingerprint density at radius 2 is 1.90 bits per heavy atom. The maximum absolute atomic E-state index is 11.8. The van der Waals surface area contributed by atoms with E-state index in [1.54, 1.807) is 0 Å². The van der Waals surface area contributed by atoms with Gasteiger partial charge in [0.1, 0.15) is 0 Å². The van der Waals surface area contributed by atoms with Gasteiger partial charge in [0, 0.05) is 12.1 Å². The topological polar surface area (TPSA) is 46.2 Å². The molecule has 1 aromatic carbocycles. The molecule has 2 atom stereocenters. The van der Waals surface area contributed by atoms with Crippen LogP contribution in [0.3, 0.4) is 0 Å². The van der Waals surface area contributed by atoms with Crippen LogP contribution in [0.4, 0.5) is 0 Å². The molecule has 20 heavy (non-hydrogen) atoms. The molecule has 1 saturated heterocycles. The average Bonchev–Trinajstić information content (AvgIpc) is 2.61. The Kier molecular flexibility index (Phi) is 4.13. The number of aryl methyl sites for hydroxylation is 1. The van der Waals surface area contributed by atoms with Crippen molar-refractivity contribution in [2.45, 2.75) is 50.6 Å². The van der Waals surface area contributed by atoms with Gasteiger partial charge < -0.3 is 5.32 Å². The number of hydrogen-bond donors (Lipinski definition) is 1. The molecule has 4 heteroatoms. The molecule has 2 aliphatic rings. The van der Waals surface area contributed by atoms with E-state index in [1.807, 2.05) is 0 Å². The van der Waals surface area contributed by atoms with Gasteiger partial charge in [-0.25, -0.2) is 8.42 Å². The zero-order valence-corrected chi connectivity index (χ0v) is 12.7. The van der Waals surface area contributed by atoms with E-state index in [2.05, 4.69) is 29.6 Å². The normalized spacial score (nSPS) is 29.4. The molecule has 3 nitrogen and oxygen atoms in total. The van der Waals surface area contributed by atoms with Crippen molar-refractivity contribution in [1.82, 2.24) is 5.32 Å². The highest BCUT2D eigenvalue weighted by molar-refractivity contribution is 7.91. The fourth-order valence-electron chi connectivity index (χ4n) is 3.53. The summed E-state index contributed by atoms with van der Waals surface area (Å²) in [6, 6.07) is 9.07. The minimum Gasteiger partial charge on any atom is -0.306 e. The number of hydrogen-bond acceptors (Lipinski definition) is 3. The zero-order chi connectivity index (χ0) is 14.0. The van der Waals surface area contributed by atoms with E-state index < -0.39 is 9.84 Å². The van der Waals surface area contributed by atoms with Crippen molar-refractivity contribution in [1.29, 1.82) is 0 Å². The lowest BCUT2D eigenvalue weighted by Gasteiger charge is -2.29. The van der Waals surface area contributed by atoms with Gasteiger partial charge >= 0.3 is 0 Å². The lowest BCUT2D eigenvalue weighted by molar-refractivity contribution is 0.402. The summed E-state index contributed by atoms with van der Waals surface area (Å²) in [5.41, 5.74) is 2.81. The lowest BCUT2D eigenvalue weighted by Crippen LogP contribution is -2.42. The minimum absolute atomic E-state index is 0.130. The molecule has 1 N–H and O–H groups in total. The predicted molar refractivity (Wildman–Crippen MR) is 81.5 cm³/mol. The van der Waals surface area contributed by atoms with Crippen molar-refractivity contribution in [3.05, 3.63) is 35.4 Å². The number of rotatable bonds is 2. The van der Waals surface area contributed by atoms with Crippen LogP contribution < -0.4 is 5.32 Å². The van der Waals surface area contributed by atoms with Gasteiger partial charge in [0.15, 0.2) is 9.84 Å². The Morgan fingerprint density at radius 3 is 2.75 bits per heavy atom. The molecular weight excluding hydrogens is 270 g/mol. The van der Waals surface area contributed by atoms with E-state index in [-0.39, 0.29) is 6.04 Å². The van der Waals surface area contributed by atoms with Crippen LogP contribution in [0.15, 0.2) is 24.3 Å². The Hall–Kier alpha value is -0.870. The second-order valence-corrected chi connectivity index (χ2v) is 8.35. The van der Waals surface area contributed by atoms with Crippen LogP contribution in [-0.4, -0.2) is 26.0 Å². The van der Waals surface area contributed by atoms with Crippen molar-refractivity contribution < 1.29 is 8.42 Å². The molecule has 0 aromatic heterocycles. The molecule has 1 aliphatic carbocycles. The fourth-order valence-corrected chi connectivity index (χ4v) is 5.18. The van der Waals surface area contributed by atoms with Crippen LogP contribution in [0.2, 0.25) is 0 Å². The molecule has 110 valence electrons. The Balaban J connectivity index is 1.77. The van der Waals surface area contributed by atoms with Gasteiger partial charge in [0.25, 0.3) is 0 Å². The van der Waals surface area contributed by atoms with Crippen molar-refractivity contribution in [3.63, 3.8) is 0 Å². The number of benzene rings is 1. The molecule has 1 aliphatic heterocycles. The number of fused-ring (bicyclic) bond motifs is 1. The quantitative estimate of drug-likeness (QED) is 0.853. The fraction of sp³-hybridized carbons (Fsp3) is 0.625. The van der Waals surface area contributed by atoms with Crippen LogP contribution in [-0.2, 0) is 16.3 Å². The second kappa shape index (κ2) is 5.86. The maximum atomic E-state index is 11.8. The maximum Gasteiger partial charge on any atom is 0.151 e. The van der Waals surface area contributed by atoms with E-state index in [4.69, 9.17) is 0 Å². The van der Waals surface area contributed by atoms with Gasteiger partial charge in [-0.1, -0.05) is 30.7 Å². The van der Waals surface area contributed by atoms with E-state index in [0.29, 0.717) is 17.5 Å². The van der Waals surface area contributed by atoms with E-state index in [9.17, 15) is 8.42 Å². The molecule has 0 spiro atoms. The van der Waals surface area contributed by atoms with Crippen molar-refractivity contribution in [2.75, 3.05) is 11.5 Å². The number of nitrogens with one attached hydrogen (secondary N) is 1. The van der Waals surface area contributed by atoms with Gasteiger partial charge in [-0.2, -0.15) is 0 Å². The SMILES string of the molecule is O=S1(=O)CCCC(NC2CCCCc3ccccc32)C1. The molecule has 2 unspecified atom stereocenters. The first kappa shape index (κ1) is 14.1. The van der Waals surface area contributed by atoms with Crippen LogP contribution in [0.25, 0.3) is 0 Å². The molecule has 1 fully saturated rings. The summed E-state index contributed by atoms with van der Waals surface area (Å²) >= 11 is 0. The monoisotopic (exact) mass is 293 g/mol. The highest BCUT2D eigenvalue weighted by Crippen LogP contribution is 2.29. The molecule has 3 rings (SSSR count). The summed E-state index contributed by atoms with van der Waals surface area (Å²) < 4.78 is 23.6. The van der Waals surface area contributed by atoms with E-state index >= 15 is 0 Å². The predicted octanol–water partition coefficient (Wildman–Crippen LogP) is 2.62. The van der Waals surface area contributed by atoms with Gasteiger partial charge in [0.2, 0.25) is 0 Å². The van der Waals surface area contributed by atoms with E-state index in [1.165, 1.54) is 24.0 Å². The molecule has 0 radical (unpaired) electrons. The van der Waals surface area contributed by atoms with Crippen LogP contribution in [0.1, 0.15) is 49.3 Å². The van der Waals surface area contributed by atoms with Gasteiger partial charge in [0.05, 0.1) is 11.5 Å². The Bertz CT molecular complexity index is 568. The summed E-state index contributed by atoms with van der Waals surface area (Å²) in [4.78, 5) is 0. The molecule has 0 amide bonds. The molecular formula is C16H23NO2S. The van der Waals surface area contributed by atoms with Crippen LogP contribution >= 0.6 is 0 Å². The molecule has 0 saturated carbocycles. The van der Waals surface area contributed by atoms with Crippen LogP contribution in [0.5, 0.6) is 0 Å². The highest BCUT2D eigenvalue weighted by Gasteiger charge is 2.28. The standard InChI is InChI=1S/C16H23NO2S/c18-20(19)11-5-8-14(12-20)17-16-10-4-2-7-13-6-1-3-9-15(13)16/h1,3,6,9,14,16-17H,2,4-5,7-8,10-12H2. The van der Waals surface area contributed by atoms with Gasteiger partial charge in [-0.15, -0.1) is 0 Å². The molecule has 0 bridgehead atoms. The summed E-state index contributed by atoms with van der Waals surface area (Å²) in [5, 5.41) is 3.63. The third kappa shape index (κ3) is 3.23. The summed E-state index contributed by atoms with van der Waals surface area (Å²) in [7, 11) is -2.83. The Morgan fingerprint density at radius 1 is 1.05 bits per heavy atom. The van der Waals surface area contributed by atoms with Crippen molar-refractivity contribution >= 4 is 9.84 Å². The second-order valence-electron chi connectivity index (χ2n) is 6.12. The smallest absolute Gasteiger partial charge is 0.151 e. The third-order valence-electron chi connectivity index (χ3n) is 4.52. The van der Waals surface area contributed by atoms with Crippen molar-refractivity contribution in [3.8, 4) is 0 Å². The largest absolute Gasteiger partial charge is 0.306 e. The first-order valence-corrected chi connectivity index (χ1v) is 9.50. The summed E-state index contributed by atoms with van der Waals surface area (Å²) in [5.74, 6) is 0.679. The first-order chi connectivity index (χ1) is 9.64. The first-order valence-electron chi connectivity index (χ1n) is 7.68. The van der Waals surface area contributed by atoms with Crippen LogP contribution in [0, 0.1) is 0 Å². The third-order valence-corrected chi connectivity index (χ3v) is 6.34. The highest BCUT2D eigenvalue weighted by atomic mass is 32.2. The molecule has 1 heterocycles. The van der Waals surface area contributed by atoms with Crippen molar-refractivity contribution in [2.24, 2.45) is 0 Å². The van der Waals surface area contributed by atoms with Gasteiger partial charge in [-0.05, 0) is 43.2 Å². The lowest BCUT2D eigenvalue weighted by atomic mass is 9.98.